The van der Waals surface area contributed by atoms with Gasteiger partial charge in [0.1, 0.15) is 5.75 Å². The number of benzene rings is 1. The molecule has 0 saturated carbocycles. The largest absolute Gasteiger partial charge is 0.483 e. The minimum absolute atomic E-state index is 0.0179. The third kappa shape index (κ3) is 5.48. The molecule has 0 saturated heterocycles. The lowest BCUT2D eigenvalue weighted by molar-refractivity contribution is -0.122. The lowest BCUT2D eigenvalue weighted by Crippen LogP contribution is -2.26. The van der Waals surface area contributed by atoms with Crippen molar-refractivity contribution in [1.29, 1.82) is 0 Å². The Morgan fingerprint density at radius 3 is 2.80 bits per heavy atom. The quantitative estimate of drug-likeness (QED) is 0.703. The Labute approximate surface area is 128 Å². The lowest BCUT2D eigenvalue weighted by Gasteiger charge is -2.15. The van der Waals surface area contributed by atoms with Gasteiger partial charge in [-0.25, -0.2) is 0 Å². The Morgan fingerprint density at radius 2 is 2.15 bits per heavy atom. The van der Waals surface area contributed by atoms with E-state index in [-0.39, 0.29) is 12.5 Å². The topological polar surface area (TPSA) is 59.6 Å². The maximum atomic E-state index is 11.3. The number of hydrogen-bond acceptors (Lipinski definition) is 4. The van der Waals surface area contributed by atoms with Crippen molar-refractivity contribution in [3.63, 3.8) is 0 Å². The van der Waals surface area contributed by atoms with Gasteiger partial charge >= 0.3 is 0 Å². The number of halogens is 1. The summed E-state index contributed by atoms with van der Waals surface area (Å²) in [5, 5.41) is 5.81. The molecule has 1 rings (SSSR count). The van der Waals surface area contributed by atoms with Crippen molar-refractivity contribution in [3.05, 3.63) is 27.7 Å². The molecule has 0 heterocycles. The highest BCUT2D eigenvalue weighted by Gasteiger charge is 2.10. The number of hydrogen-bond donors (Lipinski definition) is 2. The number of amides is 1. The zero-order chi connectivity index (χ0) is 15.0. The second-order valence-electron chi connectivity index (χ2n) is 4.34. The van der Waals surface area contributed by atoms with Gasteiger partial charge in [-0.3, -0.25) is 4.79 Å². The van der Waals surface area contributed by atoms with Crippen LogP contribution >= 0.6 is 15.9 Å². The van der Waals surface area contributed by atoms with Crippen LogP contribution in [0, 0.1) is 6.92 Å². The molecule has 0 fully saturated rings. The molecule has 0 bridgehead atoms. The van der Waals surface area contributed by atoms with Gasteiger partial charge in [-0.1, -0.05) is 15.9 Å². The van der Waals surface area contributed by atoms with Crippen LogP contribution in [0.15, 0.2) is 16.6 Å². The number of aryl methyl sites for hydroxylation is 1. The Balaban J connectivity index is 2.76. The van der Waals surface area contributed by atoms with Gasteiger partial charge in [-0.15, -0.1) is 0 Å². The Morgan fingerprint density at radius 1 is 1.40 bits per heavy atom. The third-order valence-corrected chi connectivity index (χ3v) is 3.20. The molecule has 0 unspecified atom stereocenters. The molecular formula is C14H21BrN2O3. The zero-order valence-corrected chi connectivity index (χ0v) is 13.7. The van der Waals surface area contributed by atoms with Crippen molar-refractivity contribution in [2.45, 2.75) is 13.5 Å². The van der Waals surface area contributed by atoms with Gasteiger partial charge in [0.15, 0.2) is 6.61 Å². The van der Waals surface area contributed by atoms with Gasteiger partial charge < -0.3 is 20.1 Å². The van der Waals surface area contributed by atoms with Crippen molar-refractivity contribution in [2.75, 3.05) is 33.9 Å². The third-order valence-electron chi connectivity index (χ3n) is 2.74. The van der Waals surface area contributed by atoms with Crippen LogP contribution in [0.1, 0.15) is 11.1 Å². The summed E-state index contributed by atoms with van der Waals surface area (Å²) in [5.41, 5.74) is 2.00. The van der Waals surface area contributed by atoms with E-state index >= 15 is 0 Å². The van der Waals surface area contributed by atoms with Crippen molar-refractivity contribution in [3.8, 4) is 5.75 Å². The van der Waals surface area contributed by atoms with Crippen molar-refractivity contribution >= 4 is 21.8 Å². The van der Waals surface area contributed by atoms with Crippen molar-refractivity contribution in [2.24, 2.45) is 0 Å². The second-order valence-corrected chi connectivity index (χ2v) is 5.26. The van der Waals surface area contributed by atoms with Crippen molar-refractivity contribution < 1.29 is 14.3 Å². The summed E-state index contributed by atoms with van der Waals surface area (Å²) in [6.07, 6.45) is 0. The van der Waals surface area contributed by atoms with Gasteiger partial charge in [0.05, 0.1) is 6.61 Å². The van der Waals surface area contributed by atoms with Gasteiger partial charge in [-0.2, -0.15) is 0 Å². The van der Waals surface area contributed by atoms with Gasteiger partial charge in [0.25, 0.3) is 5.91 Å². The zero-order valence-electron chi connectivity index (χ0n) is 12.1. The smallest absolute Gasteiger partial charge is 0.257 e. The maximum Gasteiger partial charge on any atom is 0.257 e. The number of rotatable bonds is 8. The molecule has 1 aromatic rings. The van der Waals surface area contributed by atoms with Gasteiger partial charge in [0, 0.05) is 37.3 Å². The maximum absolute atomic E-state index is 11.3. The summed E-state index contributed by atoms with van der Waals surface area (Å²) in [6, 6.07) is 3.96. The van der Waals surface area contributed by atoms with E-state index in [0.717, 1.165) is 27.9 Å². The van der Waals surface area contributed by atoms with Crippen LogP contribution in [-0.2, 0) is 16.1 Å². The fraction of sp³-hybridized carbons (Fsp3) is 0.500. The average Bonchev–Trinajstić information content (AvgIpc) is 2.42. The molecule has 112 valence electrons. The molecule has 6 heteroatoms. The van der Waals surface area contributed by atoms with Crippen LogP contribution < -0.4 is 15.4 Å². The normalized spacial score (nSPS) is 10.4. The predicted molar refractivity (Wildman–Crippen MR) is 82.0 cm³/mol. The monoisotopic (exact) mass is 344 g/mol. The summed E-state index contributed by atoms with van der Waals surface area (Å²) >= 11 is 3.48. The van der Waals surface area contributed by atoms with E-state index in [1.54, 1.807) is 14.2 Å². The van der Waals surface area contributed by atoms with E-state index in [2.05, 4.69) is 26.6 Å². The van der Waals surface area contributed by atoms with E-state index < -0.39 is 0 Å². The molecule has 0 aliphatic carbocycles. The molecule has 0 atom stereocenters. The number of ether oxygens (including phenoxy) is 2. The summed E-state index contributed by atoms with van der Waals surface area (Å²) in [5.74, 6) is 0.604. The first-order valence-electron chi connectivity index (χ1n) is 6.40. The minimum Gasteiger partial charge on any atom is -0.483 e. The summed E-state index contributed by atoms with van der Waals surface area (Å²) in [7, 11) is 3.26. The molecule has 0 aliphatic heterocycles. The van der Waals surface area contributed by atoms with Crippen LogP contribution in [-0.4, -0.2) is 39.8 Å². The van der Waals surface area contributed by atoms with Gasteiger partial charge in [-0.05, 0) is 24.6 Å². The molecule has 0 radical (unpaired) electrons. The van der Waals surface area contributed by atoms with Gasteiger partial charge in [0.2, 0.25) is 0 Å². The van der Waals surface area contributed by atoms with Crippen molar-refractivity contribution in [1.82, 2.24) is 10.6 Å². The predicted octanol–water partition coefficient (Wildman–Crippen LogP) is 1.62. The van der Waals surface area contributed by atoms with Crippen LogP contribution in [0.4, 0.5) is 0 Å². The number of likely N-dealkylation sites (N-methyl/N-ethyl adjacent to an activating group) is 1. The number of carbonyl (C=O) groups is 1. The fourth-order valence-electron chi connectivity index (χ4n) is 1.74. The highest BCUT2D eigenvalue weighted by atomic mass is 79.9. The van der Waals surface area contributed by atoms with E-state index in [9.17, 15) is 4.79 Å². The van der Waals surface area contributed by atoms with E-state index in [4.69, 9.17) is 9.47 Å². The van der Waals surface area contributed by atoms with Crippen LogP contribution in [0.3, 0.4) is 0 Å². The molecule has 2 N–H and O–H groups in total. The lowest BCUT2D eigenvalue weighted by atomic mass is 10.1. The fourth-order valence-corrected chi connectivity index (χ4v) is 2.36. The molecule has 0 spiro atoms. The van der Waals surface area contributed by atoms with E-state index in [1.807, 2.05) is 19.1 Å². The highest BCUT2D eigenvalue weighted by Crippen LogP contribution is 2.28. The molecule has 1 aromatic carbocycles. The second kappa shape index (κ2) is 8.94. The summed E-state index contributed by atoms with van der Waals surface area (Å²) in [6.45, 7) is 4.05. The first-order valence-corrected chi connectivity index (χ1v) is 7.19. The minimum atomic E-state index is -0.148. The summed E-state index contributed by atoms with van der Waals surface area (Å²) in [4.78, 5) is 11.3. The molecular weight excluding hydrogens is 324 g/mol. The van der Waals surface area contributed by atoms with Crippen LogP contribution in [0.5, 0.6) is 5.75 Å². The molecule has 5 nitrogen and oxygen atoms in total. The SMILES string of the molecule is CNC(=O)COc1c(C)cc(Br)cc1CNCCOC. The standard InChI is InChI=1S/C14H21BrN2O3/c1-10-6-12(15)7-11(8-17-4-5-19-3)14(10)20-9-13(18)16-2/h6-7,17H,4-5,8-9H2,1-3H3,(H,16,18). The highest BCUT2D eigenvalue weighted by molar-refractivity contribution is 9.10. The van der Waals surface area contributed by atoms with Crippen LogP contribution in [0.25, 0.3) is 0 Å². The van der Waals surface area contributed by atoms with E-state index in [0.29, 0.717) is 13.2 Å². The Hall–Kier alpha value is -1.11. The Bertz CT molecular complexity index is 452. The molecule has 1 amide bonds. The molecule has 0 aromatic heterocycles. The Kier molecular flexibility index (Phi) is 7.58. The molecule has 20 heavy (non-hydrogen) atoms. The molecule has 0 aliphatic rings. The number of methoxy groups -OCH3 is 1. The average molecular weight is 345 g/mol. The number of nitrogens with one attached hydrogen (secondary N) is 2. The van der Waals surface area contributed by atoms with Crippen LogP contribution in [0.2, 0.25) is 0 Å². The first-order chi connectivity index (χ1) is 9.58. The number of carbonyl (C=O) groups excluding carboxylic acids is 1. The summed E-state index contributed by atoms with van der Waals surface area (Å²) < 4.78 is 11.6. The first kappa shape index (κ1) is 16.9. The van der Waals surface area contributed by atoms with E-state index in [1.165, 1.54) is 0 Å².